The topological polar surface area (TPSA) is 12.5 Å². The van der Waals surface area contributed by atoms with E-state index in [1.807, 2.05) is 0 Å². The highest BCUT2D eigenvalue weighted by molar-refractivity contribution is 6.18. The van der Waals surface area contributed by atoms with E-state index in [0.717, 1.165) is 12.8 Å². The first kappa shape index (κ1) is 14.1. The van der Waals surface area contributed by atoms with E-state index in [-0.39, 0.29) is 6.54 Å². The zero-order valence-corrected chi connectivity index (χ0v) is 9.27. The minimum atomic E-state index is -2.28. The van der Waals surface area contributed by atoms with Crippen LogP contribution in [0.1, 0.15) is 12.8 Å². The molecule has 0 amide bonds. The summed E-state index contributed by atoms with van der Waals surface area (Å²) >= 11 is 5.51. The fraction of sp³-hybridized carbons (Fsp3) is 1.00. The third-order valence-electron chi connectivity index (χ3n) is 1.87. The van der Waals surface area contributed by atoms with Crippen molar-refractivity contribution in [3.8, 4) is 0 Å². The first-order valence-electron chi connectivity index (χ1n) is 4.76. The minimum Gasteiger partial charge on any atom is -0.385 e. The average molecular weight is 230 g/mol. The highest BCUT2D eigenvalue weighted by Gasteiger charge is 2.10. The van der Waals surface area contributed by atoms with Gasteiger partial charge in [0.2, 0.25) is 0 Å². The van der Waals surface area contributed by atoms with Gasteiger partial charge in [-0.2, -0.15) is 0 Å². The molecule has 0 N–H and O–H groups in total. The molecule has 0 aliphatic carbocycles. The Kier molecular flexibility index (Phi) is 9.67. The van der Waals surface area contributed by atoms with E-state index < -0.39 is 6.43 Å². The maximum Gasteiger partial charge on any atom is 0.251 e. The van der Waals surface area contributed by atoms with Crippen LogP contribution in [0.2, 0.25) is 0 Å². The average Bonchev–Trinajstić information content (AvgIpc) is 2.12. The van der Waals surface area contributed by atoms with E-state index in [1.165, 1.54) is 0 Å². The van der Waals surface area contributed by atoms with Gasteiger partial charge in [-0.25, -0.2) is 8.78 Å². The zero-order valence-electron chi connectivity index (χ0n) is 8.52. The predicted molar refractivity (Wildman–Crippen MR) is 54.3 cm³/mol. The fourth-order valence-corrected chi connectivity index (χ4v) is 1.43. The number of methoxy groups -OCH3 is 1. The summed E-state index contributed by atoms with van der Waals surface area (Å²) in [6, 6.07) is 0. The quantitative estimate of drug-likeness (QED) is 0.444. The van der Waals surface area contributed by atoms with E-state index in [1.54, 1.807) is 12.0 Å². The molecule has 0 aromatic rings. The van der Waals surface area contributed by atoms with Crippen LogP contribution in [-0.4, -0.2) is 50.6 Å². The summed E-state index contributed by atoms with van der Waals surface area (Å²) in [4.78, 5) is 1.69. The monoisotopic (exact) mass is 229 g/mol. The second-order valence-corrected chi connectivity index (χ2v) is 3.46. The molecule has 0 unspecified atom stereocenters. The van der Waals surface area contributed by atoms with Crippen LogP contribution in [-0.2, 0) is 4.74 Å². The second-order valence-electron chi connectivity index (χ2n) is 3.08. The second kappa shape index (κ2) is 9.62. The molecule has 0 saturated carbocycles. The molecule has 0 bridgehead atoms. The van der Waals surface area contributed by atoms with Gasteiger partial charge in [-0.15, -0.1) is 11.6 Å². The first-order valence-corrected chi connectivity index (χ1v) is 5.29. The van der Waals surface area contributed by atoms with Gasteiger partial charge in [0.15, 0.2) is 0 Å². The molecule has 0 saturated heterocycles. The first-order chi connectivity index (χ1) is 6.70. The molecular weight excluding hydrogens is 212 g/mol. The molecule has 0 aromatic heterocycles. The minimum absolute atomic E-state index is 0.181. The third-order valence-corrected chi connectivity index (χ3v) is 2.04. The standard InChI is InChI=1S/C9H18ClF2NO/c1-14-7-3-2-5-13(6-4-10)8-9(11)12/h9H,2-8H2,1H3. The summed E-state index contributed by atoms with van der Waals surface area (Å²) in [5, 5.41) is 0. The van der Waals surface area contributed by atoms with Crippen molar-refractivity contribution in [2.75, 3.05) is 39.2 Å². The highest BCUT2D eigenvalue weighted by Crippen LogP contribution is 2.01. The number of alkyl halides is 3. The van der Waals surface area contributed by atoms with Gasteiger partial charge in [0.05, 0.1) is 6.54 Å². The molecule has 0 aromatic carbocycles. The van der Waals surface area contributed by atoms with Crippen LogP contribution in [0.25, 0.3) is 0 Å². The predicted octanol–water partition coefficient (Wildman–Crippen LogP) is 2.22. The van der Waals surface area contributed by atoms with Crippen molar-refractivity contribution in [2.24, 2.45) is 0 Å². The largest absolute Gasteiger partial charge is 0.385 e. The number of halogens is 3. The number of nitrogens with zero attached hydrogens (tertiary/aromatic N) is 1. The van der Waals surface area contributed by atoms with Crippen molar-refractivity contribution in [3.05, 3.63) is 0 Å². The molecule has 0 atom stereocenters. The lowest BCUT2D eigenvalue weighted by atomic mass is 10.3. The van der Waals surface area contributed by atoms with Crippen molar-refractivity contribution in [1.82, 2.24) is 4.90 Å². The number of rotatable bonds is 9. The summed E-state index contributed by atoms with van der Waals surface area (Å²) in [6.07, 6.45) is -0.503. The summed E-state index contributed by atoms with van der Waals surface area (Å²) in [6.45, 7) is 1.70. The Hall–Kier alpha value is 0.0700. The van der Waals surface area contributed by atoms with Crippen LogP contribution in [0, 0.1) is 0 Å². The van der Waals surface area contributed by atoms with Gasteiger partial charge >= 0.3 is 0 Å². The van der Waals surface area contributed by atoms with Crippen LogP contribution in [0.4, 0.5) is 8.78 Å². The molecule has 0 fully saturated rings. The van der Waals surface area contributed by atoms with Crippen LogP contribution in [0.15, 0.2) is 0 Å². The smallest absolute Gasteiger partial charge is 0.251 e. The number of hydrogen-bond donors (Lipinski definition) is 0. The number of unbranched alkanes of at least 4 members (excludes halogenated alkanes) is 1. The molecule has 0 spiro atoms. The van der Waals surface area contributed by atoms with Crippen molar-refractivity contribution in [1.29, 1.82) is 0 Å². The lowest BCUT2D eigenvalue weighted by Crippen LogP contribution is -2.31. The molecular formula is C9H18ClF2NO. The molecule has 0 rings (SSSR count). The van der Waals surface area contributed by atoms with Gasteiger partial charge < -0.3 is 4.74 Å². The van der Waals surface area contributed by atoms with Gasteiger partial charge in [0.1, 0.15) is 0 Å². The molecule has 0 aliphatic rings. The molecule has 86 valence electrons. The van der Waals surface area contributed by atoms with Gasteiger partial charge in [0.25, 0.3) is 6.43 Å². The van der Waals surface area contributed by atoms with Crippen LogP contribution in [0.3, 0.4) is 0 Å². The summed E-state index contributed by atoms with van der Waals surface area (Å²) < 4.78 is 29.0. The Morgan fingerprint density at radius 3 is 2.50 bits per heavy atom. The molecule has 0 radical (unpaired) electrons. The SMILES string of the molecule is COCCCCN(CCCl)CC(F)F. The number of hydrogen-bond acceptors (Lipinski definition) is 2. The Bertz CT molecular complexity index is 127. The van der Waals surface area contributed by atoms with Crippen molar-refractivity contribution >= 4 is 11.6 Å². The molecule has 0 heterocycles. The summed E-state index contributed by atoms with van der Waals surface area (Å²) in [5.74, 6) is 0.400. The Labute approximate surface area is 89.2 Å². The highest BCUT2D eigenvalue weighted by atomic mass is 35.5. The van der Waals surface area contributed by atoms with Gasteiger partial charge in [-0.05, 0) is 19.4 Å². The van der Waals surface area contributed by atoms with Crippen molar-refractivity contribution < 1.29 is 13.5 Å². The Morgan fingerprint density at radius 2 is 2.00 bits per heavy atom. The van der Waals surface area contributed by atoms with Crippen molar-refractivity contribution in [2.45, 2.75) is 19.3 Å². The summed E-state index contributed by atoms with van der Waals surface area (Å²) in [5.41, 5.74) is 0. The van der Waals surface area contributed by atoms with Gasteiger partial charge in [-0.1, -0.05) is 0 Å². The lowest BCUT2D eigenvalue weighted by Gasteiger charge is -2.20. The maximum atomic E-state index is 12.1. The van der Waals surface area contributed by atoms with E-state index in [0.29, 0.717) is 25.6 Å². The van der Waals surface area contributed by atoms with Gasteiger partial charge in [0, 0.05) is 26.1 Å². The normalized spacial score (nSPS) is 11.6. The van der Waals surface area contributed by atoms with Crippen LogP contribution < -0.4 is 0 Å². The molecule has 2 nitrogen and oxygen atoms in total. The molecule has 0 aliphatic heterocycles. The maximum absolute atomic E-state index is 12.1. The zero-order chi connectivity index (χ0) is 10.8. The van der Waals surface area contributed by atoms with E-state index in [2.05, 4.69) is 0 Å². The van der Waals surface area contributed by atoms with Crippen molar-refractivity contribution in [3.63, 3.8) is 0 Å². The van der Waals surface area contributed by atoms with E-state index >= 15 is 0 Å². The van der Waals surface area contributed by atoms with Crippen LogP contribution in [0.5, 0.6) is 0 Å². The molecule has 14 heavy (non-hydrogen) atoms. The Balaban J connectivity index is 3.51. The fourth-order valence-electron chi connectivity index (χ4n) is 1.19. The summed E-state index contributed by atoms with van der Waals surface area (Å²) in [7, 11) is 1.63. The Morgan fingerprint density at radius 1 is 1.29 bits per heavy atom. The van der Waals surface area contributed by atoms with Crippen LogP contribution >= 0.6 is 11.6 Å². The van der Waals surface area contributed by atoms with Gasteiger partial charge in [-0.3, -0.25) is 4.90 Å². The third kappa shape index (κ3) is 8.66. The molecule has 5 heteroatoms. The van der Waals surface area contributed by atoms with E-state index in [4.69, 9.17) is 16.3 Å². The lowest BCUT2D eigenvalue weighted by molar-refractivity contribution is 0.0887. The van der Waals surface area contributed by atoms with E-state index in [9.17, 15) is 8.78 Å². The number of ether oxygens (including phenoxy) is 1.